The minimum absolute atomic E-state index is 0.639. The highest BCUT2D eigenvalue weighted by Gasteiger charge is 2.27. The first-order valence-corrected chi connectivity index (χ1v) is 6.69. The van der Waals surface area contributed by atoms with Gasteiger partial charge in [-0.25, -0.2) is 0 Å². The van der Waals surface area contributed by atoms with Crippen LogP contribution in [0.4, 0.5) is 0 Å². The first kappa shape index (κ1) is 12.0. The van der Waals surface area contributed by atoms with Crippen molar-refractivity contribution in [2.45, 2.75) is 26.4 Å². The maximum absolute atomic E-state index is 4.14. The molecule has 0 N–H and O–H groups in total. The van der Waals surface area contributed by atoms with Crippen LogP contribution in [0.2, 0.25) is 0 Å². The Bertz CT molecular complexity index is 312. The van der Waals surface area contributed by atoms with Gasteiger partial charge >= 0.3 is 0 Å². The number of aromatic nitrogens is 2. The third-order valence-electron chi connectivity index (χ3n) is 3.28. The summed E-state index contributed by atoms with van der Waals surface area (Å²) in [4.78, 5) is 4.96. The Morgan fingerprint density at radius 3 is 2.94 bits per heavy atom. The Labute approximate surface area is 101 Å². The molecule has 0 aromatic carbocycles. The molecule has 0 bridgehead atoms. The van der Waals surface area contributed by atoms with Crippen molar-refractivity contribution in [1.29, 1.82) is 0 Å². The molecule has 1 atom stereocenters. The number of nitrogens with zero attached hydrogens (tertiary/aromatic N) is 4. The van der Waals surface area contributed by atoms with Crippen molar-refractivity contribution < 1.29 is 0 Å². The van der Waals surface area contributed by atoms with Gasteiger partial charge in [-0.2, -0.15) is 0 Å². The van der Waals surface area contributed by atoms with Crippen molar-refractivity contribution in [3.8, 4) is 0 Å². The molecule has 0 aliphatic carbocycles. The average Bonchev–Trinajstić information content (AvgIpc) is 2.73. The van der Waals surface area contributed by atoms with Crippen LogP contribution in [0.25, 0.3) is 0 Å². The summed E-state index contributed by atoms with van der Waals surface area (Å²) in [6.45, 7) is 9.01. The molecule has 0 amide bonds. The molecule has 2 rings (SSSR count). The van der Waals surface area contributed by atoms with Gasteiger partial charge in [0.2, 0.25) is 0 Å². The quantitative estimate of drug-likeness (QED) is 0.797. The van der Waals surface area contributed by atoms with E-state index in [0.717, 1.165) is 31.9 Å². The van der Waals surface area contributed by atoms with Crippen molar-refractivity contribution in [1.82, 2.24) is 19.4 Å². The van der Waals surface area contributed by atoms with Gasteiger partial charge in [-0.15, -0.1) is 5.10 Å². The molecule has 2 heterocycles. The molecule has 1 unspecified atom stereocenters. The second kappa shape index (κ2) is 5.21. The molecular formula is C11H20N4S. The molecule has 0 spiro atoms. The molecule has 1 fully saturated rings. The highest BCUT2D eigenvalue weighted by atomic mass is 32.1. The summed E-state index contributed by atoms with van der Waals surface area (Å²) >= 11 is 1.44. The molecule has 90 valence electrons. The molecule has 1 saturated heterocycles. The SMILES string of the molecule is CC(C)C1CN(C)CCN1Cc1csnn1. The summed E-state index contributed by atoms with van der Waals surface area (Å²) < 4.78 is 3.93. The fraction of sp³-hybridized carbons (Fsp3) is 0.818. The zero-order valence-corrected chi connectivity index (χ0v) is 11.1. The Hall–Kier alpha value is -0.520. The lowest BCUT2D eigenvalue weighted by Crippen LogP contribution is -2.53. The lowest BCUT2D eigenvalue weighted by atomic mass is 9.99. The molecule has 1 aromatic rings. The van der Waals surface area contributed by atoms with Gasteiger partial charge in [0.25, 0.3) is 0 Å². The fourth-order valence-corrected chi connectivity index (χ4v) is 2.72. The second-order valence-electron chi connectivity index (χ2n) is 4.94. The van der Waals surface area contributed by atoms with E-state index in [2.05, 4.69) is 45.7 Å². The van der Waals surface area contributed by atoms with E-state index in [1.54, 1.807) is 0 Å². The zero-order valence-electron chi connectivity index (χ0n) is 10.3. The lowest BCUT2D eigenvalue weighted by Gasteiger charge is -2.41. The van der Waals surface area contributed by atoms with Crippen molar-refractivity contribution in [2.24, 2.45) is 5.92 Å². The van der Waals surface area contributed by atoms with Gasteiger partial charge in [-0.05, 0) is 24.5 Å². The van der Waals surface area contributed by atoms with Gasteiger partial charge in [0.1, 0.15) is 0 Å². The predicted octanol–water partition coefficient (Wildman–Crippen LogP) is 1.31. The van der Waals surface area contributed by atoms with E-state index in [4.69, 9.17) is 0 Å². The number of hydrogen-bond donors (Lipinski definition) is 0. The Morgan fingerprint density at radius 2 is 2.31 bits per heavy atom. The summed E-state index contributed by atoms with van der Waals surface area (Å²) in [6.07, 6.45) is 0. The molecule has 0 saturated carbocycles. The van der Waals surface area contributed by atoms with Gasteiger partial charge in [0, 0.05) is 37.6 Å². The van der Waals surface area contributed by atoms with E-state index in [-0.39, 0.29) is 0 Å². The fourth-order valence-electron chi connectivity index (χ4n) is 2.28. The summed E-state index contributed by atoms with van der Waals surface area (Å²) in [5, 5.41) is 6.19. The van der Waals surface area contributed by atoms with Gasteiger partial charge in [0.05, 0.1) is 5.69 Å². The normalized spacial score (nSPS) is 24.1. The minimum Gasteiger partial charge on any atom is -0.304 e. The highest BCUT2D eigenvalue weighted by Crippen LogP contribution is 2.18. The first-order chi connectivity index (χ1) is 7.66. The van der Waals surface area contributed by atoms with Crippen LogP contribution in [0.5, 0.6) is 0 Å². The molecule has 0 radical (unpaired) electrons. The summed E-state index contributed by atoms with van der Waals surface area (Å²) in [6, 6.07) is 0.639. The third-order valence-corrected chi connectivity index (χ3v) is 3.83. The number of piperazine rings is 1. The van der Waals surface area contributed by atoms with Crippen LogP contribution in [0.1, 0.15) is 19.5 Å². The predicted molar refractivity (Wildman–Crippen MR) is 66.4 cm³/mol. The summed E-state index contributed by atoms with van der Waals surface area (Å²) in [5.41, 5.74) is 1.11. The van der Waals surface area contributed by atoms with Crippen LogP contribution in [0.15, 0.2) is 5.38 Å². The Morgan fingerprint density at radius 1 is 1.50 bits per heavy atom. The van der Waals surface area contributed by atoms with E-state index in [9.17, 15) is 0 Å². The van der Waals surface area contributed by atoms with E-state index < -0.39 is 0 Å². The number of likely N-dealkylation sites (N-methyl/N-ethyl adjacent to an activating group) is 1. The van der Waals surface area contributed by atoms with Gasteiger partial charge in [-0.1, -0.05) is 18.3 Å². The van der Waals surface area contributed by atoms with E-state index in [0.29, 0.717) is 12.0 Å². The maximum Gasteiger partial charge on any atom is 0.0895 e. The van der Waals surface area contributed by atoms with E-state index in [1.807, 2.05) is 0 Å². The van der Waals surface area contributed by atoms with Gasteiger partial charge in [0.15, 0.2) is 0 Å². The van der Waals surface area contributed by atoms with E-state index in [1.165, 1.54) is 11.5 Å². The maximum atomic E-state index is 4.14. The first-order valence-electron chi connectivity index (χ1n) is 5.85. The van der Waals surface area contributed by atoms with Crippen LogP contribution in [0.3, 0.4) is 0 Å². The molecule has 1 aliphatic rings. The topological polar surface area (TPSA) is 32.3 Å². The van der Waals surface area contributed by atoms with E-state index >= 15 is 0 Å². The smallest absolute Gasteiger partial charge is 0.0895 e. The van der Waals surface area contributed by atoms with Gasteiger partial charge < -0.3 is 4.90 Å². The van der Waals surface area contributed by atoms with Crippen LogP contribution in [-0.4, -0.2) is 52.1 Å². The van der Waals surface area contributed by atoms with Crippen LogP contribution < -0.4 is 0 Å². The monoisotopic (exact) mass is 240 g/mol. The minimum atomic E-state index is 0.639. The second-order valence-corrected chi connectivity index (χ2v) is 5.55. The van der Waals surface area contributed by atoms with Crippen molar-refractivity contribution in [3.05, 3.63) is 11.1 Å². The largest absolute Gasteiger partial charge is 0.304 e. The third kappa shape index (κ3) is 2.78. The van der Waals surface area contributed by atoms with Crippen LogP contribution in [0, 0.1) is 5.92 Å². The summed E-state index contributed by atoms with van der Waals surface area (Å²) in [7, 11) is 2.21. The van der Waals surface area contributed by atoms with Crippen molar-refractivity contribution in [3.63, 3.8) is 0 Å². The molecule has 1 aliphatic heterocycles. The summed E-state index contributed by atoms with van der Waals surface area (Å²) in [5.74, 6) is 0.689. The highest BCUT2D eigenvalue weighted by molar-refractivity contribution is 7.03. The Kier molecular flexibility index (Phi) is 3.89. The number of hydrogen-bond acceptors (Lipinski definition) is 5. The molecule has 4 nitrogen and oxygen atoms in total. The standard InChI is InChI=1S/C11H20N4S/c1-9(2)11-7-14(3)4-5-15(11)6-10-8-16-13-12-10/h8-9,11H,4-7H2,1-3H3. The molecule has 16 heavy (non-hydrogen) atoms. The van der Waals surface area contributed by atoms with Crippen LogP contribution in [-0.2, 0) is 6.54 Å². The molecule has 1 aromatic heterocycles. The molecule has 5 heteroatoms. The number of rotatable bonds is 3. The van der Waals surface area contributed by atoms with Crippen LogP contribution >= 0.6 is 11.5 Å². The Balaban J connectivity index is 2.01. The van der Waals surface area contributed by atoms with Crippen molar-refractivity contribution >= 4 is 11.5 Å². The molecular weight excluding hydrogens is 220 g/mol. The zero-order chi connectivity index (χ0) is 11.5. The van der Waals surface area contributed by atoms with Crippen molar-refractivity contribution in [2.75, 3.05) is 26.7 Å². The lowest BCUT2D eigenvalue weighted by molar-refractivity contribution is 0.0561. The van der Waals surface area contributed by atoms with Gasteiger partial charge in [-0.3, -0.25) is 4.90 Å². The average molecular weight is 240 g/mol.